The number of hydrogen-bond donors (Lipinski definition) is 0. The van der Waals surface area contributed by atoms with Gasteiger partial charge < -0.3 is 14.2 Å². The van der Waals surface area contributed by atoms with Gasteiger partial charge in [-0.2, -0.15) is 0 Å². The number of hydrogen-bond acceptors (Lipinski definition) is 6. The number of esters is 3. The minimum absolute atomic E-state index is 0.0716. The summed E-state index contributed by atoms with van der Waals surface area (Å²) < 4.78 is 16.9. The number of ether oxygens (including phenoxy) is 3. The van der Waals surface area contributed by atoms with Crippen LogP contribution >= 0.6 is 0 Å². The molecule has 0 aliphatic carbocycles. The monoisotopic (exact) mass is 929 g/mol. The SMILES string of the molecule is CCC/C=C\C/C=C\CCCCCCCC(=O)OC(COC(=O)CCCCCCCCCCCCCCC)COC(=O)CCCCCCCCCCCCCCCCCCCCCCCC. The van der Waals surface area contributed by atoms with Gasteiger partial charge in [-0.05, 0) is 44.9 Å². The van der Waals surface area contributed by atoms with Crippen molar-refractivity contribution in [1.29, 1.82) is 0 Å². The van der Waals surface area contributed by atoms with Gasteiger partial charge in [-0.15, -0.1) is 0 Å². The Hall–Kier alpha value is -2.11. The van der Waals surface area contributed by atoms with E-state index in [2.05, 4.69) is 45.1 Å². The zero-order valence-electron chi connectivity index (χ0n) is 44.5. The van der Waals surface area contributed by atoms with E-state index >= 15 is 0 Å². The fraction of sp³-hybridized carbons (Fsp3) is 0.883. The van der Waals surface area contributed by atoms with Gasteiger partial charge in [0.1, 0.15) is 13.2 Å². The quantitative estimate of drug-likeness (QED) is 0.0262. The highest BCUT2D eigenvalue weighted by atomic mass is 16.6. The molecular weight excluding hydrogens is 817 g/mol. The van der Waals surface area contributed by atoms with Crippen LogP contribution in [0.2, 0.25) is 0 Å². The molecule has 0 aliphatic heterocycles. The number of allylic oxidation sites excluding steroid dienone is 4. The Labute approximate surface area is 411 Å². The molecule has 0 saturated heterocycles. The second kappa shape index (κ2) is 55.5. The number of carbonyl (C=O) groups excluding carboxylic acids is 3. The molecule has 388 valence electrons. The Bertz CT molecular complexity index is 1070. The molecule has 0 radical (unpaired) electrons. The van der Waals surface area contributed by atoms with Gasteiger partial charge in [0.15, 0.2) is 6.10 Å². The lowest BCUT2D eigenvalue weighted by Gasteiger charge is -2.18. The van der Waals surface area contributed by atoms with Crippen molar-refractivity contribution in [3.05, 3.63) is 24.3 Å². The van der Waals surface area contributed by atoms with Crippen LogP contribution in [0.25, 0.3) is 0 Å². The van der Waals surface area contributed by atoms with Crippen LogP contribution in [0, 0.1) is 0 Å². The molecule has 0 spiro atoms. The first-order valence-corrected chi connectivity index (χ1v) is 29.3. The fourth-order valence-corrected chi connectivity index (χ4v) is 8.78. The van der Waals surface area contributed by atoms with Crippen molar-refractivity contribution < 1.29 is 28.6 Å². The van der Waals surface area contributed by atoms with Crippen LogP contribution < -0.4 is 0 Å². The summed E-state index contributed by atoms with van der Waals surface area (Å²) in [7, 11) is 0. The topological polar surface area (TPSA) is 78.9 Å². The van der Waals surface area contributed by atoms with Gasteiger partial charge in [0.2, 0.25) is 0 Å². The molecule has 1 unspecified atom stereocenters. The van der Waals surface area contributed by atoms with Gasteiger partial charge in [0, 0.05) is 19.3 Å². The molecule has 0 rings (SSSR count). The van der Waals surface area contributed by atoms with Gasteiger partial charge in [-0.25, -0.2) is 0 Å². The molecule has 0 amide bonds. The number of rotatable bonds is 54. The summed E-state index contributed by atoms with van der Waals surface area (Å²) in [5, 5.41) is 0. The van der Waals surface area contributed by atoms with Crippen molar-refractivity contribution in [3.8, 4) is 0 Å². The smallest absolute Gasteiger partial charge is 0.306 e. The van der Waals surface area contributed by atoms with Crippen LogP contribution in [-0.2, 0) is 28.6 Å². The summed E-state index contributed by atoms with van der Waals surface area (Å²) in [4.78, 5) is 38.1. The molecule has 0 aromatic carbocycles. The predicted octanol–water partition coefficient (Wildman–Crippen LogP) is 19.5. The molecule has 0 saturated carbocycles. The predicted molar refractivity (Wildman–Crippen MR) is 284 cm³/mol. The van der Waals surface area contributed by atoms with Crippen LogP contribution in [-0.4, -0.2) is 37.2 Å². The Morgan fingerprint density at radius 1 is 0.303 bits per heavy atom. The number of carbonyl (C=O) groups is 3. The van der Waals surface area contributed by atoms with Crippen molar-refractivity contribution >= 4 is 17.9 Å². The molecule has 6 nitrogen and oxygen atoms in total. The molecule has 0 bridgehead atoms. The van der Waals surface area contributed by atoms with E-state index in [0.29, 0.717) is 19.3 Å². The molecule has 0 aromatic heterocycles. The zero-order chi connectivity index (χ0) is 47.9. The van der Waals surface area contributed by atoms with E-state index in [4.69, 9.17) is 14.2 Å². The number of unbranched alkanes of at least 4 members (excludes halogenated alkanes) is 39. The van der Waals surface area contributed by atoms with E-state index < -0.39 is 6.10 Å². The molecule has 0 aromatic rings. The Kier molecular flexibility index (Phi) is 53.7. The summed E-state index contributed by atoms with van der Waals surface area (Å²) in [6.45, 7) is 6.61. The maximum Gasteiger partial charge on any atom is 0.306 e. The first-order valence-electron chi connectivity index (χ1n) is 29.3. The molecule has 0 N–H and O–H groups in total. The maximum atomic E-state index is 12.8. The Morgan fingerprint density at radius 3 is 0.894 bits per heavy atom. The molecule has 0 aliphatic rings. The average Bonchev–Trinajstić information content (AvgIpc) is 3.31. The third-order valence-electron chi connectivity index (χ3n) is 13.2. The minimum atomic E-state index is -0.773. The van der Waals surface area contributed by atoms with Crippen molar-refractivity contribution in [3.63, 3.8) is 0 Å². The fourth-order valence-electron chi connectivity index (χ4n) is 8.78. The lowest BCUT2D eigenvalue weighted by atomic mass is 10.0. The normalized spacial score (nSPS) is 12.1. The average molecular weight is 930 g/mol. The van der Waals surface area contributed by atoms with Crippen LogP contribution in [0.1, 0.15) is 323 Å². The van der Waals surface area contributed by atoms with Crippen molar-refractivity contribution in [2.24, 2.45) is 0 Å². The van der Waals surface area contributed by atoms with Crippen molar-refractivity contribution in [2.75, 3.05) is 13.2 Å². The maximum absolute atomic E-state index is 12.8. The standard InChI is InChI=1S/C60H112O6/c1-4-7-10-13-16-19-22-25-26-27-28-29-30-31-32-33-36-38-41-44-47-50-53-59(62)65-56-57(66-60(63)54-51-48-45-42-39-35-24-21-18-15-12-9-6-3)55-64-58(61)52-49-46-43-40-37-34-23-20-17-14-11-8-5-2/h12,15,21,24,57H,4-11,13-14,16-20,22-23,25-56H2,1-3H3/b15-12-,24-21-. The summed E-state index contributed by atoms with van der Waals surface area (Å²) in [5.74, 6) is -0.865. The molecule has 6 heteroatoms. The highest BCUT2D eigenvalue weighted by molar-refractivity contribution is 5.71. The lowest BCUT2D eigenvalue weighted by molar-refractivity contribution is -0.167. The molecular formula is C60H112O6. The third-order valence-corrected chi connectivity index (χ3v) is 13.2. The van der Waals surface area contributed by atoms with E-state index in [9.17, 15) is 14.4 Å². The zero-order valence-corrected chi connectivity index (χ0v) is 44.5. The molecule has 66 heavy (non-hydrogen) atoms. The van der Waals surface area contributed by atoms with Gasteiger partial charge in [0.05, 0.1) is 0 Å². The largest absolute Gasteiger partial charge is 0.462 e. The van der Waals surface area contributed by atoms with E-state index in [-0.39, 0.29) is 31.1 Å². The van der Waals surface area contributed by atoms with Crippen LogP contribution in [0.5, 0.6) is 0 Å². The Morgan fingerprint density at radius 2 is 0.576 bits per heavy atom. The summed E-state index contributed by atoms with van der Waals surface area (Å²) in [6.07, 6.45) is 64.6. The summed E-state index contributed by atoms with van der Waals surface area (Å²) >= 11 is 0. The van der Waals surface area contributed by atoms with E-state index in [0.717, 1.165) is 89.9 Å². The van der Waals surface area contributed by atoms with E-state index in [1.807, 2.05) is 0 Å². The van der Waals surface area contributed by atoms with Gasteiger partial charge in [0.25, 0.3) is 0 Å². The second-order valence-corrected chi connectivity index (χ2v) is 19.9. The summed E-state index contributed by atoms with van der Waals surface area (Å²) in [5.41, 5.74) is 0. The lowest BCUT2D eigenvalue weighted by Crippen LogP contribution is -2.30. The minimum Gasteiger partial charge on any atom is -0.462 e. The van der Waals surface area contributed by atoms with Gasteiger partial charge in [-0.1, -0.05) is 283 Å². The Balaban J connectivity index is 4.23. The van der Waals surface area contributed by atoms with Crippen molar-refractivity contribution in [1.82, 2.24) is 0 Å². The van der Waals surface area contributed by atoms with E-state index in [1.165, 1.54) is 193 Å². The van der Waals surface area contributed by atoms with Gasteiger partial charge in [-0.3, -0.25) is 14.4 Å². The first-order chi connectivity index (χ1) is 32.5. The molecule has 0 fully saturated rings. The highest BCUT2D eigenvalue weighted by Gasteiger charge is 2.19. The third kappa shape index (κ3) is 52.9. The first kappa shape index (κ1) is 63.9. The molecule has 1 atom stereocenters. The second-order valence-electron chi connectivity index (χ2n) is 19.9. The van der Waals surface area contributed by atoms with Gasteiger partial charge >= 0.3 is 17.9 Å². The molecule has 0 heterocycles. The van der Waals surface area contributed by atoms with E-state index in [1.54, 1.807) is 0 Å². The van der Waals surface area contributed by atoms with Crippen LogP contribution in [0.15, 0.2) is 24.3 Å². The van der Waals surface area contributed by atoms with Crippen LogP contribution in [0.3, 0.4) is 0 Å². The van der Waals surface area contributed by atoms with Crippen molar-refractivity contribution in [2.45, 2.75) is 329 Å². The summed E-state index contributed by atoms with van der Waals surface area (Å²) in [6, 6.07) is 0. The van der Waals surface area contributed by atoms with Crippen LogP contribution in [0.4, 0.5) is 0 Å². The highest BCUT2D eigenvalue weighted by Crippen LogP contribution is 2.17.